The smallest absolute Gasteiger partial charge is 0.240 e. The van der Waals surface area contributed by atoms with Crippen LogP contribution in [0.15, 0.2) is 60.7 Å². The average Bonchev–Trinajstić information content (AvgIpc) is 3.13. The van der Waals surface area contributed by atoms with E-state index in [0.717, 1.165) is 53.4 Å². The first-order valence-corrected chi connectivity index (χ1v) is 13.9. The Morgan fingerprint density at radius 1 is 0.974 bits per heavy atom. The van der Waals surface area contributed by atoms with Crippen LogP contribution in [0.1, 0.15) is 24.5 Å². The second-order valence-electron chi connectivity index (χ2n) is 9.37. The molecule has 0 saturated carbocycles. The lowest BCUT2D eigenvalue weighted by atomic mass is 10.0. The van der Waals surface area contributed by atoms with E-state index in [-0.39, 0.29) is 12.4 Å². The SMILES string of the molecule is CC(=N)N1CCCN(c2ccc(N(Cc3ccc4ccc(C(=N)N)cc4c3)S(=O)(=O)CC(=O)[O-])cc2)CC1. The number of nitrogens with zero attached hydrogens (tertiary/aromatic N) is 3. The number of hydrogen-bond donors (Lipinski definition) is 3. The summed E-state index contributed by atoms with van der Waals surface area (Å²) in [6.45, 7) is 4.81. The van der Waals surface area contributed by atoms with E-state index in [1.54, 1.807) is 37.3 Å². The van der Waals surface area contributed by atoms with Crippen molar-refractivity contribution in [2.75, 3.05) is 41.1 Å². The first kappa shape index (κ1) is 26.9. The molecule has 1 saturated heterocycles. The number of amidine groups is 2. The lowest BCUT2D eigenvalue weighted by molar-refractivity contribution is -0.301. The summed E-state index contributed by atoms with van der Waals surface area (Å²) in [5.41, 5.74) is 8.10. The van der Waals surface area contributed by atoms with Crippen molar-refractivity contribution in [2.24, 2.45) is 5.73 Å². The van der Waals surface area contributed by atoms with Gasteiger partial charge in [-0.1, -0.05) is 24.3 Å². The van der Waals surface area contributed by atoms with Gasteiger partial charge in [0.15, 0.2) is 0 Å². The molecule has 3 aromatic rings. The fraction of sp³-hybridized carbons (Fsp3) is 0.296. The van der Waals surface area contributed by atoms with Crippen molar-refractivity contribution in [3.8, 4) is 0 Å². The Bertz CT molecular complexity index is 1470. The molecule has 0 amide bonds. The van der Waals surface area contributed by atoms with Crippen molar-refractivity contribution in [1.82, 2.24) is 4.90 Å². The first-order valence-electron chi connectivity index (χ1n) is 12.3. The van der Waals surface area contributed by atoms with Crippen molar-refractivity contribution in [2.45, 2.75) is 19.9 Å². The number of rotatable bonds is 8. The number of aliphatic carboxylic acids is 1. The van der Waals surface area contributed by atoms with E-state index in [0.29, 0.717) is 22.6 Å². The summed E-state index contributed by atoms with van der Waals surface area (Å²) < 4.78 is 27.3. The number of fused-ring (bicyclic) bond motifs is 1. The zero-order valence-corrected chi connectivity index (χ0v) is 22.0. The van der Waals surface area contributed by atoms with Crippen molar-refractivity contribution >= 4 is 49.8 Å². The molecule has 200 valence electrons. The third kappa shape index (κ3) is 6.23. The highest BCUT2D eigenvalue weighted by Crippen LogP contribution is 2.27. The molecule has 3 aromatic carbocycles. The van der Waals surface area contributed by atoms with Crippen molar-refractivity contribution < 1.29 is 18.3 Å². The Morgan fingerprint density at radius 2 is 1.68 bits per heavy atom. The summed E-state index contributed by atoms with van der Waals surface area (Å²) in [4.78, 5) is 15.5. The standard InChI is InChI=1S/C27H32N6O4S/c1-19(28)31-11-2-12-32(14-13-31)24-7-9-25(10-8-24)33(38(36,37)18-26(34)35)17-20-3-4-21-5-6-22(27(29)30)16-23(21)15-20/h3-10,15-16,28H,2,11-14,17-18H2,1H3,(H3,29,30)(H,34,35)/p-1. The molecule has 1 heterocycles. The number of nitrogens with two attached hydrogens (primary N) is 1. The van der Waals surface area contributed by atoms with E-state index in [1.807, 2.05) is 35.2 Å². The maximum atomic E-state index is 13.1. The van der Waals surface area contributed by atoms with Gasteiger partial charge in [0, 0.05) is 37.4 Å². The quantitative estimate of drug-likeness (QED) is 0.293. The van der Waals surface area contributed by atoms with Gasteiger partial charge in [0.1, 0.15) is 11.6 Å². The summed E-state index contributed by atoms with van der Waals surface area (Å²) in [5, 5.41) is 28.5. The fourth-order valence-corrected chi connectivity index (χ4v) is 5.89. The molecule has 0 bridgehead atoms. The number of benzene rings is 3. The lowest BCUT2D eigenvalue weighted by Gasteiger charge is -2.27. The minimum Gasteiger partial charge on any atom is -0.549 e. The molecule has 38 heavy (non-hydrogen) atoms. The van der Waals surface area contributed by atoms with Crippen molar-refractivity contribution in [3.05, 3.63) is 71.8 Å². The molecule has 0 atom stereocenters. The second kappa shape index (κ2) is 11.1. The lowest BCUT2D eigenvalue weighted by Crippen LogP contribution is -2.40. The zero-order valence-electron chi connectivity index (χ0n) is 21.2. The summed E-state index contributed by atoms with van der Waals surface area (Å²) >= 11 is 0. The number of carbonyl (C=O) groups excluding carboxylic acids is 1. The van der Waals surface area contributed by atoms with Crippen LogP contribution in [0.4, 0.5) is 11.4 Å². The van der Waals surface area contributed by atoms with Crippen LogP contribution in [0.5, 0.6) is 0 Å². The maximum absolute atomic E-state index is 13.1. The van der Waals surface area contributed by atoms with Crippen molar-refractivity contribution in [1.29, 1.82) is 10.8 Å². The molecule has 4 N–H and O–H groups in total. The Hall–Kier alpha value is -4.12. The van der Waals surface area contributed by atoms with Crippen LogP contribution in [-0.2, 0) is 21.4 Å². The number of anilines is 2. The van der Waals surface area contributed by atoms with E-state index < -0.39 is 21.7 Å². The molecule has 4 rings (SSSR count). The van der Waals surface area contributed by atoms with Gasteiger partial charge < -0.3 is 25.4 Å². The van der Waals surface area contributed by atoms with Crippen LogP contribution in [0, 0.1) is 10.8 Å². The number of nitrogens with one attached hydrogen (secondary N) is 2. The highest BCUT2D eigenvalue weighted by molar-refractivity contribution is 7.93. The van der Waals surface area contributed by atoms with Gasteiger partial charge in [-0.3, -0.25) is 15.1 Å². The zero-order chi connectivity index (χ0) is 27.4. The van der Waals surface area contributed by atoms with Gasteiger partial charge in [-0.05, 0) is 66.1 Å². The highest BCUT2D eigenvalue weighted by Gasteiger charge is 2.24. The van der Waals surface area contributed by atoms with Gasteiger partial charge >= 0.3 is 0 Å². The van der Waals surface area contributed by atoms with Crippen molar-refractivity contribution in [3.63, 3.8) is 0 Å². The Morgan fingerprint density at radius 3 is 2.34 bits per heavy atom. The van der Waals surface area contributed by atoms with Gasteiger partial charge in [-0.25, -0.2) is 8.42 Å². The van der Waals surface area contributed by atoms with Gasteiger partial charge in [0.2, 0.25) is 10.0 Å². The topological polar surface area (TPSA) is 158 Å². The first-order chi connectivity index (χ1) is 18.0. The third-order valence-corrected chi connectivity index (χ3v) is 8.26. The summed E-state index contributed by atoms with van der Waals surface area (Å²) in [6, 6.07) is 17.8. The third-order valence-electron chi connectivity index (χ3n) is 6.65. The van der Waals surface area contributed by atoms with E-state index in [9.17, 15) is 18.3 Å². The van der Waals surface area contributed by atoms with Crippen LogP contribution in [0.25, 0.3) is 10.8 Å². The molecule has 0 unspecified atom stereocenters. The Labute approximate surface area is 222 Å². The van der Waals surface area contributed by atoms with Gasteiger partial charge in [-0.15, -0.1) is 0 Å². The summed E-state index contributed by atoms with van der Waals surface area (Å²) in [7, 11) is -4.23. The fourth-order valence-electron chi connectivity index (χ4n) is 4.65. The largest absolute Gasteiger partial charge is 0.549 e. The molecule has 10 nitrogen and oxygen atoms in total. The Balaban J connectivity index is 1.63. The van der Waals surface area contributed by atoms with E-state index in [2.05, 4.69) is 4.90 Å². The van der Waals surface area contributed by atoms with E-state index in [4.69, 9.17) is 16.6 Å². The number of hydrogen-bond acceptors (Lipinski definition) is 7. The number of carboxylic acids is 1. The monoisotopic (exact) mass is 535 g/mol. The van der Waals surface area contributed by atoms with E-state index >= 15 is 0 Å². The molecule has 1 aliphatic rings. The summed E-state index contributed by atoms with van der Waals surface area (Å²) in [6.07, 6.45) is 0.900. The number of carboxylic acid groups (broad SMARTS) is 1. The number of sulfonamides is 1. The highest BCUT2D eigenvalue weighted by atomic mass is 32.2. The summed E-state index contributed by atoms with van der Waals surface area (Å²) in [5.74, 6) is -2.34. The molecule has 0 aliphatic carbocycles. The van der Waals surface area contributed by atoms with Crippen LogP contribution in [0.2, 0.25) is 0 Å². The van der Waals surface area contributed by atoms with Gasteiger partial charge in [0.25, 0.3) is 0 Å². The van der Waals surface area contributed by atoms with Crippen LogP contribution >= 0.6 is 0 Å². The van der Waals surface area contributed by atoms with Gasteiger partial charge in [-0.2, -0.15) is 0 Å². The minimum atomic E-state index is -4.23. The minimum absolute atomic E-state index is 0.0689. The number of carbonyl (C=O) groups is 1. The van der Waals surface area contributed by atoms with Crippen LogP contribution in [0.3, 0.4) is 0 Å². The molecule has 0 radical (unpaired) electrons. The normalized spacial score (nSPS) is 14.2. The molecule has 0 spiro atoms. The molecule has 11 heteroatoms. The second-order valence-corrected chi connectivity index (χ2v) is 11.3. The number of nitrogen functional groups attached to an aromatic ring is 1. The average molecular weight is 536 g/mol. The van der Waals surface area contributed by atoms with Crippen LogP contribution < -0.4 is 20.0 Å². The Kier molecular flexibility index (Phi) is 7.86. The molecule has 0 aromatic heterocycles. The molecule has 1 aliphatic heterocycles. The maximum Gasteiger partial charge on any atom is 0.240 e. The van der Waals surface area contributed by atoms with E-state index in [1.165, 1.54) is 0 Å². The molecule has 1 fully saturated rings. The predicted octanol–water partition coefficient (Wildman–Crippen LogP) is 1.72. The van der Waals surface area contributed by atoms with Crippen LogP contribution in [-0.4, -0.2) is 62.9 Å². The predicted molar refractivity (Wildman–Crippen MR) is 148 cm³/mol. The molecular formula is C27H31N6O4S-. The van der Waals surface area contributed by atoms with Gasteiger partial charge in [0.05, 0.1) is 24.0 Å². The molecular weight excluding hydrogens is 504 g/mol.